The van der Waals surface area contributed by atoms with Crippen molar-refractivity contribution in [3.8, 4) is 0 Å². The standard InChI is InChI=1S/C25H30F2N6O2/c1-3-11-31(15-14-30(2)35)24(34)9-6-18-17-28-33-13-10-23(29-25(18)33)32-12-4-5-22(32)20-16-19(26)7-8-21(20)27/h6-10,13,16-17,22,35H,3-5,11-12,14-15H2,1-2H3/b9-6+/t22-/m1/s1. The highest BCUT2D eigenvalue weighted by atomic mass is 19.1. The maximum atomic E-state index is 14.5. The molecule has 4 rings (SSSR count). The van der Waals surface area contributed by atoms with Crippen LogP contribution in [-0.2, 0) is 4.79 Å². The molecule has 1 amide bonds. The van der Waals surface area contributed by atoms with Crippen LogP contribution in [0.15, 0.2) is 42.7 Å². The van der Waals surface area contributed by atoms with E-state index in [1.807, 2.05) is 17.9 Å². The van der Waals surface area contributed by atoms with Gasteiger partial charge in [0.15, 0.2) is 5.65 Å². The number of hydrogen-bond donors (Lipinski definition) is 1. The number of likely N-dealkylation sites (N-methyl/N-ethyl adjacent to an activating group) is 1. The van der Waals surface area contributed by atoms with E-state index in [9.17, 15) is 18.8 Å². The number of aromatic nitrogens is 3. The fourth-order valence-corrected chi connectivity index (χ4v) is 4.42. The summed E-state index contributed by atoms with van der Waals surface area (Å²) in [7, 11) is 1.54. The second kappa shape index (κ2) is 10.9. The monoisotopic (exact) mass is 484 g/mol. The van der Waals surface area contributed by atoms with Gasteiger partial charge in [-0.2, -0.15) is 10.2 Å². The second-order valence-electron chi connectivity index (χ2n) is 8.71. The number of nitrogens with zero attached hydrogens (tertiary/aromatic N) is 6. The highest BCUT2D eigenvalue weighted by molar-refractivity contribution is 5.92. The summed E-state index contributed by atoms with van der Waals surface area (Å²) >= 11 is 0. The van der Waals surface area contributed by atoms with E-state index in [2.05, 4.69) is 5.10 Å². The average molecular weight is 485 g/mol. The van der Waals surface area contributed by atoms with Gasteiger partial charge in [-0.15, -0.1) is 0 Å². The van der Waals surface area contributed by atoms with E-state index >= 15 is 0 Å². The first-order valence-electron chi connectivity index (χ1n) is 11.8. The summed E-state index contributed by atoms with van der Waals surface area (Å²) in [5.41, 5.74) is 1.56. The summed E-state index contributed by atoms with van der Waals surface area (Å²) in [5.74, 6) is -0.415. The molecule has 0 saturated carbocycles. The van der Waals surface area contributed by atoms with Crippen molar-refractivity contribution in [3.05, 3.63) is 65.5 Å². The Morgan fingerprint density at radius 2 is 2.09 bits per heavy atom. The molecular weight excluding hydrogens is 454 g/mol. The zero-order chi connectivity index (χ0) is 24.9. The van der Waals surface area contributed by atoms with E-state index < -0.39 is 11.6 Å². The zero-order valence-corrected chi connectivity index (χ0v) is 19.9. The quantitative estimate of drug-likeness (QED) is 0.367. The van der Waals surface area contributed by atoms with E-state index in [4.69, 9.17) is 4.98 Å². The molecule has 0 aliphatic carbocycles. The summed E-state index contributed by atoms with van der Waals surface area (Å²) in [6.07, 6.45) is 8.91. The summed E-state index contributed by atoms with van der Waals surface area (Å²) < 4.78 is 29.9. The van der Waals surface area contributed by atoms with Crippen molar-refractivity contribution in [2.24, 2.45) is 0 Å². The molecule has 35 heavy (non-hydrogen) atoms. The SMILES string of the molecule is CCCN(CCN(C)O)C(=O)/C=C/c1cnn2ccc(N3CCC[C@@H]3c3cc(F)ccc3F)nc12. The summed E-state index contributed by atoms with van der Waals surface area (Å²) in [6, 6.07) is 5.04. The van der Waals surface area contributed by atoms with Crippen molar-refractivity contribution >= 4 is 23.4 Å². The molecule has 0 bridgehead atoms. The first kappa shape index (κ1) is 24.7. The summed E-state index contributed by atoms with van der Waals surface area (Å²) in [4.78, 5) is 21.1. The van der Waals surface area contributed by atoms with Gasteiger partial charge in [-0.25, -0.2) is 18.3 Å². The van der Waals surface area contributed by atoms with Crippen LogP contribution in [0.25, 0.3) is 11.7 Å². The number of hydroxylamine groups is 2. The molecule has 1 aliphatic heterocycles. The van der Waals surface area contributed by atoms with Crippen molar-refractivity contribution in [2.75, 3.05) is 38.1 Å². The predicted octanol–water partition coefficient (Wildman–Crippen LogP) is 3.92. The minimum atomic E-state index is -0.465. The smallest absolute Gasteiger partial charge is 0.246 e. The van der Waals surface area contributed by atoms with Crippen LogP contribution in [0.2, 0.25) is 0 Å². The van der Waals surface area contributed by atoms with Gasteiger partial charge in [-0.3, -0.25) is 4.79 Å². The van der Waals surface area contributed by atoms with Gasteiger partial charge in [0.05, 0.1) is 12.2 Å². The Morgan fingerprint density at radius 1 is 1.26 bits per heavy atom. The van der Waals surface area contributed by atoms with Crippen molar-refractivity contribution < 1.29 is 18.8 Å². The van der Waals surface area contributed by atoms with Crippen LogP contribution >= 0.6 is 0 Å². The minimum absolute atomic E-state index is 0.162. The molecule has 3 heterocycles. The van der Waals surface area contributed by atoms with Crippen molar-refractivity contribution in [1.29, 1.82) is 0 Å². The van der Waals surface area contributed by atoms with E-state index in [1.54, 1.807) is 34.9 Å². The first-order valence-corrected chi connectivity index (χ1v) is 11.8. The molecule has 1 saturated heterocycles. The molecular formula is C25H30F2N6O2. The van der Waals surface area contributed by atoms with Gasteiger partial charge < -0.3 is 15.0 Å². The van der Waals surface area contributed by atoms with Crippen LogP contribution in [0.5, 0.6) is 0 Å². The lowest BCUT2D eigenvalue weighted by Gasteiger charge is -2.26. The molecule has 8 nitrogen and oxygen atoms in total. The molecule has 0 unspecified atom stereocenters. The van der Waals surface area contributed by atoms with Crippen molar-refractivity contribution in [1.82, 2.24) is 24.6 Å². The number of fused-ring (bicyclic) bond motifs is 1. The number of carbonyl (C=O) groups is 1. The Hall–Kier alpha value is -3.37. The molecule has 1 N–H and O–H groups in total. The Kier molecular flexibility index (Phi) is 7.72. The molecule has 1 fully saturated rings. The predicted molar refractivity (Wildman–Crippen MR) is 129 cm³/mol. The Morgan fingerprint density at radius 3 is 2.86 bits per heavy atom. The molecule has 0 radical (unpaired) electrons. The van der Waals surface area contributed by atoms with Gasteiger partial charge in [0.2, 0.25) is 5.91 Å². The molecule has 186 valence electrons. The second-order valence-corrected chi connectivity index (χ2v) is 8.71. The van der Waals surface area contributed by atoms with E-state index in [1.165, 1.54) is 12.1 Å². The zero-order valence-electron chi connectivity index (χ0n) is 19.9. The molecule has 3 aromatic rings. The molecule has 1 aromatic carbocycles. The molecule has 0 spiro atoms. The number of halogens is 2. The number of anilines is 1. The van der Waals surface area contributed by atoms with Crippen LogP contribution in [-0.4, -0.2) is 68.9 Å². The van der Waals surface area contributed by atoms with Gasteiger partial charge in [-0.1, -0.05) is 6.92 Å². The van der Waals surface area contributed by atoms with Crippen LogP contribution in [0, 0.1) is 11.6 Å². The maximum Gasteiger partial charge on any atom is 0.246 e. The normalized spacial score (nSPS) is 16.2. The van der Waals surface area contributed by atoms with Crippen LogP contribution in [0.1, 0.15) is 43.4 Å². The summed E-state index contributed by atoms with van der Waals surface area (Å²) in [6.45, 7) is 4.01. The third-order valence-corrected chi connectivity index (χ3v) is 6.15. The van der Waals surface area contributed by atoms with Gasteiger partial charge in [-0.05, 0) is 49.6 Å². The third kappa shape index (κ3) is 5.66. The summed E-state index contributed by atoms with van der Waals surface area (Å²) in [5, 5.41) is 14.8. The van der Waals surface area contributed by atoms with E-state index in [0.29, 0.717) is 55.2 Å². The molecule has 1 aliphatic rings. The Labute approximate surface area is 203 Å². The molecule has 10 heteroatoms. The number of rotatable bonds is 9. The van der Waals surface area contributed by atoms with Gasteiger partial charge >= 0.3 is 0 Å². The minimum Gasteiger partial charge on any atom is -0.349 e. The topological polar surface area (TPSA) is 77.2 Å². The van der Waals surface area contributed by atoms with Gasteiger partial charge in [0, 0.05) is 56.6 Å². The Bertz CT molecular complexity index is 1210. The van der Waals surface area contributed by atoms with E-state index in [-0.39, 0.29) is 11.9 Å². The number of benzene rings is 1. The lowest BCUT2D eigenvalue weighted by atomic mass is 10.0. The number of carbonyl (C=O) groups excluding carboxylic acids is 1. The fourth-order valence-electron chi connectivity index (χ4n) is 4.42. The molecule has 2 aromatic heterocycles. The van der Waals surface area contributed by atoms with Crippen molar-refractivity contribution in [2.45, 2.75) is 32.2 Å². The fraction of sp³-hybridized carbons (Fsp3) is 0.400. The lowest BCUT2D eigenvalue weighted by molar-refractivity contribution is -0.128. The number of hydrogen-bond acceptors (Lipinski definition) is 6. The third-order valence-electron chi connectivity index (χ3n) is 6.15. The van der Waals surface area contributed by atoms with Crippen LogP contribution in [0.3, 0.4) is 0 Å². The first-order chi connectivity index (χ1) is 16.9. The maximum absolute atomic E-state index is 14.5. The average Bonchev–Trinajstić information content (AvgIpc) is 3.48. The van der Waals surface area contributed by atoms with E-state index in [0.717, 1.165) is 30.0 Å². The van der Waals surface area contributed by atoms with Crippen molar-refractivity contribution in [3.63, 3.8) is 0 Å². The molecule has 1 atom stereocenters. The Balaban J connectivity index is 1.58. The van der Waals surface area contributed by atoms with Gasteiger partial charge in [0.1, 0.15) is 17.5 Å². The highest BCUT2D eigenvalue weighted by Gasteiger charge is 2.30. The number of amides is 1. The highest BCUT2D eigenvalue weighted by Crippen LogP contribution is 2.36. The van der Waals surface area contributed by atoms with Crippen LogP contribution < -0.4 is 4.90 Å². The lowest BCUT2D eigenvalue weighted by Crippen LogP contribution is -2.36. The van der Waals surface area contributed by atoms with Gasteiger partial charge in [0.25, 0.3) is 0 Å². The van der Waals surface area contributed by atoms with Crippen LogP contribution in [0.4, 0.5) is 14.6 Å². The largest absolute Gasteiger partial charge is 0.349 e.